The van der Waals surface area contributed by atoms with Gasteiger partial charge < -0.3 is 5.32 Å². The highest BCUT2D eigenvalue weighted by Gasteiger charge is 2.10. The lowest BCUT2D eigenvalue weighted by Crippen LogP contribution is -2.28. The minimum atomic E-state index is -0.398. The summed E-state index contributed by atoms with van der Waals surface area (Å²) in [4.78, 5) is 31.3. The van der Waals surface area contributed by atoms with E-state index in [1.165, 1.54) is 18.6 Å². The summed E-state index contributed by atoms with van der Waals surface area (Å²) < 4.78 is 0. The number of carbonyl (C=O) groups is 2. The standard InChI is InChI=1S/C11H14N4O2/c1-9-5-10(14-7-13-9)6-15(8-16)11(17)3-4-12-2/h3-5,7-8,12H,6H2,1-2H3/b4-3-. The van der Waals surface area contributed by atoms with E-state index < -0.39 is 5.91 Å². The van der Waals surface area contributed by atoms with Gasteiger partial charge in [-0.15, -0.1) is 0 Å². The summed E-state index contributed by atoms with van der Waals surface area (Å²) >= 11 is 0. The number of amides is 2. The number of hydrogen-bond acceptors (Lipinski definition) is 5. The van der Waals surface area contributed by atoms with Crippen molar-refractivity contribution in [3.8, 4) is 0 Å². The molecule has 1 aromatic rings. The van der Waals surface area contributed by atoms with E-state index in [0.29, 0.717) is 12.1 Å². The van der Waals surface area contributed by atoms with Crippen molar-refractivity contribution in [2.24, 2.45) is 0 Å². The smallest absolute Gasteiger partial charge is 0.254 e. The van der Waals surface area contributed by atoms with Gasteiger partial charge in [0.25, 0.3) is 5.91 Å². The fourth-order valence-electron chi connectivity index (χ4n) is 1.19. The van der Waals surface area contributed by atoms with Crippen LogP contribution in [-0.2, 0) is 16.1 Å². The molecule has 0 aliphatic heterocycles. The van der Waals surface area contributed by atoms with Gasteiger partial charge in [-0.3, -0.25) is 14.5 Å². The molecular weight excluding hydrogens is 220 g/mol. The molecule has 0 atom stereocenters. The fourth-order valence-corrected chi connectivity index (χ4v) is 1.19. The maximum Gasteiger partial charge on any atom is 0.254 e. The van der Waals surface area contributed by atoms with E-state index in [4.69, 9.17) is 0 Å². The topological polar surface area (TPSA) is 75.2 Å². The summed E-state index contributed by atoms with van der Waals surface area (Å²) in [6.45, 7) is 1.96. The molecule has 0 unspecified atom stereocenters. The zero-order valence-electron chi connectivity index (χ0n) is 9.75. The van der Waals surface area contributed by atoms with Gasteiger partial charge in [-0.25, -0.2) is 9.97 Å². The highest BCUT2D eigenvalue weighted by molar-refractivity contribution is 5.94. The molecule has 0 aliphatic rings. The first kappa shape index (κ1) is 12.8. The Kier molecular flexibility index (Phi) is 4.80. The van der Waals surface area contributed by atoms with E-state index in [1.54, 1.807) is 13.1 Å². The highest BCUT2D eigenvalue weighted by atomic mass is 16.2. The summed E-state index contributed by atoms with van der Waals surface area (Å²) in [7, 11) is 1.67. The Morgan fingerprint density at radius 3 is 2.88 bits per heavy atom. The molecule has 0 saturated heterocycles. The molecule has 1 heterocycles. The lowest BCUT2D eigenvalue weighted by Gasteiger charge is -2.12. The Morgan fingerprint density at radius 2 is 2.29 bits per heavy atom. The third-order valence-corrected chi connectivity index (χ3v) is 2.00. The predicted octanol–water partition coefficient (Wildman–Crippen LogP) is 0.00312. The Balaban J connectivity index is 2.73. The summed E-state index contributed by atoms with van der Waals surface area (Å²) in [6.07, 6.45) is 4.63. The largest absolute Gasteiger partial charge is 0.394 e. The number of imide groups is 1. The molecule has 0 aliphatic carbocycles. The normalized spacial score (nSPS) is 10.2. The van der Waals surface area contributed by atoms with Crippen molar-refractivity contribution in [3.05, 3.63) is 36.1 Å². The van der Waals surface area contributed by atoms with Gasteiger partial charge in [0.05, 0.1) is 12.2 Å². The fraction of sp³-hybridized carbons (Fsp3) is 0.273. The molecule has 0 aromatic carbocycles. The molecule has 6 nitrogen and oxygen atoms in total. The molecule has 0 fully saturated rings. The Bertz CT molecular complexity index is 431. The average Bonchev–Trinajstić information content (AvgIpc) is 2.33. The molecule has 17 heavy (non-hydrogen) atoms. The average molecular weight is 234 g/mol. The third kappa shape index (κ3) is 4.02. The number of nitrogens with zero attached hydrogens (tertiary/aromatic N) is 3. The van der Waals surface area contributed by atoms with Crippen LogP contribution in [0.4, 0.5) is 0 Å². The van der Waals surface area contributed by atoms with Crippen molar-refractivity contribution in [2.75, 3.05) is 7.05 Å². The number of hydrogen-bond donors (Lipinski definition) is 1. The van der Waals surface area contributed by atoms with Gasteiger partial charge in [-0.2, -0.15) is 0 Å². The van der Waals surface area contributed by atoms with Gasteiger partial charge >= 0.3 is 0 Å². The van der Waals surface area contributed by atoms with Crippen LogP contribution >= 0.6 is 0 Å². The molecule has 2 amide bonds. The van der Waals surface area contributed by atoms with Crippen LogP contribution in [0.3, 0.4) is 0 Å². The molecule has 0 bridgehead atoms. The second-order valence-electron chi connectivity index (χ2n) is 3.34. The van der Waals surface area contributed by atoms with E-state index in [-0.39, 0.29) is 6.54 Å². The zero-order valence-corrected chi connectivity index (χ0v) is 9.75. The zero-order chi connectivity index (χ0) is 12.7. The number of rotatable bonds is 5. The molecule has 1 rings (SSSR count). The number of aryl methyl sites for hydroxylation is 1. The molecule has 1 aromatic heterocycles. The Labute approximate surface area is 99.4 Å². The number of aromatic nitrogens is 2. The number of carbonyl (C=O) groups excluding carboxylic acids is 2. The van der Waals surface area contributed by atoms with Crippen molar-refractivity contribution in [3.63, 3.8) is 0 Å². The number of nitrogens with one attached hydrogen (secondary N) is 1. The molecule has 0 radical (unpaired) electrons. The van der Waals surface area contributed by atoms with Gasteiger partial charge in [0, 0.05) is 25.0 Å². The van der Waals surface area contributed by atoms with Crippen LogP contribution < -0.4 is 5.32 Å². The summed E-state index contributed by atoms with van der Waals surface area (Å²) in [6, 6.07) is 1.73. The maximum atomic E-state index is 11.5. The van der Waals surface area contributed by atoms with Crippen molar-refractivity contribution in [1.29, 1.82) is 0 Å². The van der Waals surface area contributed by atoms with Gasteiger partial charge in [0.2, 0.25) is 6.41 Å². The SMILES string of the molecule is CN/C=C\C(=O)N(C=O)Cc1cc(C)ncn1. The summed E-state index contributed by atoms with van der Waals surface area (Å²) in [5, 5.41) is 2.68. The second kappa shape index (κ2) is 6.37. The van der Waals surface area contributed by atoms with Crippen LogP contribution in [0.1, 0.15) is 11.4 Å². The van der Waals surface area contributed by atoms with E-state index in [9.17, 15) is 9.59 Å². The predicted molar refractivity (Wildman–Crippen MR) is 61.6 cm³/mol. The molecule has 1 N–H and O–H groups in total. The van der Waals surface area contributed by atoms with E-state index in [2.05, 4.69) is 15.3 Å². The van der Waals surface area contributed by atoms with Crippen molar-refractivity contribution < 1.29 is 9.59 Å². The van der Waals surface area contributed by atoms with E-state index in [0.717, 1.165) is 10.6 Å². The minimum Gasteiger partial charge on any atom is -0.394 e. The summed E-state index contributed by atoms with van der Waals surface area (Å²) in [5.74, 6) is -0.398. The monoisotopic (exact) mass is 234 g/mol. The first-order chi connectivity index (χ1) is 8.17. The summed E-state index contributed by atoms with van der Waals surface area (Å²) in [5.41, 5.74) is 1.41. The molecular formula is C11H14N4O2. The van der Waals surface area contributed by atoms with Gasteiger partial charge in [0.15, 0.2) is 0 Å². The van der Waals surface area contributed by atoms with E-state index >= 15 is 0 Å². The maximum absolute atomic E-state index is 11.5. The Morgan fingerprint density at radius 1 is 1.53 bits per heavy atom. The first-order valence-electron chi connectivity index (χ1n) is 5.04. The van der Waals surface area contributed by atoms with Gasteiger partial charge in [0.1, 0.15) is 6.33 Å². The lowest BCUT2D eigenvalue weighted by molar-refractivity contribution is -0.135. The second-order valence-corrected chi connectivity index (χ2v) is 3.34. The van der Waals surface area contributed by atoms with Crippen molar-refractivity contribution >= 4 is 12.3 Å². The van der Waals surface area contributed by atoms with Gasteiger partial charge in [-0.1, -0.05) is 0 Å². The van der Waals surface area contributed by atoms with Crippen LogP contribution in [0.5, 0.6) is 0 Å². The first-order valence-corrected chi connectivity index (χ1v) is 5.04. The van der Waals surface area contributed by atoms with Crippen LogP contribution in [-0.4, -0.2) is 34.2 Å². The quantitative estimate of drug-likeness (QED) is 0.573. The van der Waals surface area contributed by atoms with Crippen LogP contribution in [0.15, 0.2) is 24.7 Å². The molecule has 0 spiro atoms. The molecule has 0 saturated carbocycles. The van der Waals surface area contributed by atoms with Gasteiger partial charge in [-0.05, 0) is 13.0 Å². The van der Waals surface area contributed by atoms with Crippen LogP contribution in [0.25, 0.3) is 0 Å². The van der Waals surface area contributed by atoms with Crippen molar-refractivity contribution in [2.45, 2.75) is 13.5 Å². The Hall–Kier alpha value is -2.24. The minimum absolute atomic E-state index is 0.139. The van der Waals surface area contributed by atoms with E-state index in [1.807, 2.05) is 6.92 Å². The highest BCUT2D eigenvalue weighted by Crippen LogP contribution is 2.01. The molecule has 90 valence electrons. The lowest BCUT2D eigenvalue weighted by atomic mass is 10.3. The molecule has 6 heteroatoms. The van der Waals surface area contributed by atoms with Crippen LogP contribution in [0, 0.1) is 6.92 Å². The van der Waals surface area contributed by atoms with Crippen LogP contribution in [0.2, 0.25) is 0 Å². The third-order valence-electron chi connectivity index (χ3n) is 2.00. The van der Waals surface area contributed by atoms with Crippen molar-refractivity contribution in [1.82, 2.24) is 20.2 Å².